The van der Waals surface area contributed by atoms with E-state index in [4.69, 9.17) is 10.8 Å². The van der Waals surface area contributed by atoms with E-state index < -0.39 is 6.04 Å². The molecule has 0 saturated heterocycles. The quantitative estimate of drug-likeness (QED) is 0.820. The van der Waals surface area contributed by atoms with Crippen LogP contribution >= 0.6 is 0 Å². The number of aromatic nitrogens is 2. The number of fused-ring (bicyclic) bond motifs is 1. The van der Waals surface area contributed by atoms with Gasteiger partial charge in [-0.05, 0) is 13.0 Å². The Bertz CT molecular complexity index is 533. The van der Waals surface area contributed by atoms with Crippen LogP contribution in [0.3, 0.4) is 0 Å². The first-order valence-electron chi connectivity index (χ1n) is 5.57. The maximum Gasteiger partial charge on any atom is 0.139 e. The highest BCUT2D eigenvalue weighted by atomic mass is 16.3. The molecule has 0 bridgehead atoms. The van der Waals surface area contributed by atoms with Crippen molar-refractivity contribution < 1.29 is 5.11 Å². The molecule has 0 fully saturated rings. The normalized spacial score (nSPS) is 13.0. The molecule has 5 heteroatoms. The van der Waals surface area contributed by atoms with E-state index >= 15 is 0 Å². The van der Waals surface area contributed by atoms with Gasteiger partial charge in [-0.1, -0.05) is 0 Å². The Morgan fingerprint density at radius 2 is 2.24 bits per heavy atom. The molecule has 0 aliphatic carbocycles. The van der Waals surface area contributed by atoms with Crippen molar-refractivity contribution in [3.8, 4) is 0 Å². The van der Waals surface area contributed by atoms with Crippen molar-refractivity contribution in [1.82, 2.24) is 9.38 Å². The number of hydrogen-bond donors (Lipinski definition) is 2. The number of aryl methyl sites for hydroxylation is 1. The van der Waals surface area contributed by atoms with Crippen LogP contribution in [0, 0.1) is 6.92 Å². The van der Waals surface area contributed by atoms with Gasteiger partial charge in [0, 0.05) is 32.0 Å². The number of imidazole rings is 1. The van der Waals surface area contributed by atoms with Crippen LogP contribution in [0.4, 0.5) is 5.69 Å². The van der Waals surface area contributed by atoms with E-state index in [9.17, 15) is 0 Å². The second kappa shape index (κ2) is 4.35. The summed E-state index contributed by atoms with van der Waals surface area (Å²) in [4.78, 5) is 6.49. The van der Waals surface area contributed by atoms with E-state index in [2.05, 4.69) is 4.98 Å². The van der Waals surface area contributed by atoms with Gasteiger partial charge in [-0.3, -0.25) is 0 Å². The molecule has 0 aliphatic rings. The highest BCUT2D eigenvalue weighted by molar-refractivity contribution is 5.57. The van der Waals surface area contributed by atoms with Crippen molar-refractivity contribution in [2.24, 2.45) is 5.73 Å². The zero-order chi connectivity index (χ0) is 12.6. The number of rotatable bonds is 3. The monoisotopic (exact) mass is 234 g/mol. The number of aliphatic hydroxyl groups excluding tert-OH is 1. The second-order valence-electron chi connectivity index (χ2n) is 4.38. The summed E-state index contributed by atoms with van der Waals surface area (Å²) in [5, 5.41) is 9.16. The average Bonchev–Trinajstić information content (AvgIpc) is 2.62. The lowest BCUT2D eigenvalue weighted by atomic mass is 10.2. The van der Waals surface area contributed by atoms with E-state index in [1.54, 1.807) is 0 Å². The summed E-state index contributed by atoms with van der Waals surface area (Å²) in [5.41, 5.74) is 9.56. The summed E-state index contributed by atoms with van der Waals surface area (Å²) in [6, 6.07) is 3.61. The van der Waals surface area contributed by atoms with Gasteiger partial charge in [0.15, 0.2) is 0 Å². The molecular weight excluding hydrogens is 216 g/mol. The van der Waals surface area contributed by atoms with Crippen LogP contribution in [0.1, 0.15) is 17.4 Å². The third-order valence-corrected chi connectivity index (χ3v) is 2.89. The summed E-state index contributed by atoms with van der Waals surface area (Å²) < 4.78 is 1.93. The highest BCUT2D eigenvalue weighted by Crippen LogP contribution is 2.21. The number of nitrogens with two attached hydrogens (primary N) is 1. The lowest BCUT2D eigenvalue weighted by Gasteiger charge is -2.13. The van der Waals surface area contributed by atoms with E-state index in [1.165, 1.54) is 0 Å². The van der Waals surface area contributed by atoms with Gasteiger partial charge < -0.3 is 20.1 Å². The largest absolute Gasteiger partial charge is 0.394 e. The molecule has 2 heterocycles. The van der Waals surface area contributed by atoms with E-state index in [0.29, 0.717) is 0 Å². The predicted octanol–water partition coefficient (Wildman–Crippen LogP) is 0.701. The molecule has 3 N–H and O–H groups in total. The molecule has 5 nitrogen and oxygen atoms in total. The minimum atomic E-state index is -0.393. The lowest BCUT2D eigenvalue weighted by molar-refractivity contribution is 0.265. The summed E-state index contributed by atoms with van der Waals surface area (Å²) in [7, 11) is 3.98. The lowest BCUT2D eigenvalue weighted by Crippen LogP contribution is -2.17. The number of nitrogens with zero attached hydrogens (tertiary/aromatic N) is 3. The molecule has 0 spiro atoms. The van der Waals surface area contributed by atoms with Crippen LogP contribution < -0.4 is 10.6 Å². The molecule has 0 radical (unpaired) electrons. The molecule has 92 valence electrons. The fourth-order valence-corrected chi connectivity index (χ4v) is 1.98. The summed E-state index contributed by atoms with van der Waals surface area (Å²) in [5.74, 6) is 0. The molecule has 2 aromatic rings. The van der Waals surface area contributed by atoms with Gasteiger partial charge in [0.2, 0.25) is 0 Å². The molecule has 0 saturated carbocycles. The topological polar surface area (TPSA) is 66.8 Å². The van der Waals surface area contributed by atoms with Crippen molar-refractivity contribution in [1.29, 1.82) is 0 Å². The van der Waals surface area contributed by atoms with Gasteiger partial charge in [0.25, 0.3) is 0 Å². The van der Waals surface area contributed by atoms with Crippen LogP contribution in [0.2, 0.25) is 0 Å². The fraction of sp³-hybridized carbons (Fsp3) is 0.417. The van der Waals surface area contributed by atoms with Crippen LogP contribution in [0.25, 0.3) is 5.65 Å². The number of anilines is 1. The number of pyridine rings is 1. The number of aliphatic hydroxyl groups is 1. The zero-order valence-corrected chi connectivity index (χ0v) is 10.4. The Morgan fingerprint density at radius 3 is 2.82 bits per heavy atom. The third kappa shape index (κ3) is 1.99. The van der Waals surface area contributed by atoms with E-state index in [1.807, 2.05) is 48.6 Å². The van der Waals surface area contributed by atoms with E-state index in [0.717, 1.165) is 22.7 Å². The molecule has 17 heavy (non-hydrogen) atoms. The first-order chi connectivity index (χ1) is 8.04. The summed E-state index contributed by atoms with van der Waals surface area (Å²) in [6.07, 6.45) is 1.94. The predicted molar refractivity (Wildman–Crippen MR) is 68.3 cm³/mol. The van der Waals surface area contributed by atoms with Crippen molar-refractivity contribution in [2.75, 3.05) is 25.6 Å². The Hall–Kier alpha value is -1.59. The second-order valence-corrected chi connectivity index (χ2v) is 4.38. The Morgan fingerprint density at radius 1 is 1.53 bits per heavy atom. The molecule has 1 atom stereocenters. The summed E-state index contributed by atoms with van der Waals surface area (Å²) in [6.45, 7) is 1.83. The zero-order valence-electron chi connectivity index (χ0n) is 10.4. The SMILES string of the molecule is Cc1nc2cc(N(C)C)ccn2c1C(N)CO. The third-order valence-electron chi connectivity index (χ3n) is 2.89. The van der Waals surface area contributed by atoms with Crippen molar-refractivity contribution in [3.63, 3.8) is 0 Å². The average molecular weight is 234 g/mol. The Kier molecular flexibility index (Phi) is 3.04. The van der Waals surface area contributed by atoms with Gasteiger partial charge >= 0.3 is 0 Å². The van der Waals surface area contributed by atoms with Gasteiger partial charge in [0.1, 0.15) is 5.65 Å². The van der Waals surface area contributed by atoms with Crippen LogP contribution in [0.5, 0.6) is 0 Å². The maximum atomic E-state index is 9.16. The molecule has 1 unspecified atom stereocenters. The fourth-order valence-electron chi connectivity index (χ4n) is 1.98. The number of hydrogen-bond acceptors (Lipinski definition) is 4. The molecular formula is C12H18N4O. The van der Waals surface area contributed by atoms with Crippen LogP contribution in [-0.2, 0) is 0 Å². The molecule has 0 aromatic carbocycles. The van der Waals surface area contributed by atoms with Crippen LogP contribution in [-0.4, -0.2) is 35.2 Å². The maximum absolute atomic E-state index is 9.16. The van der Waals surface area contributed by atoms with Crippen molar-refractivity contribution in [3.05, 3.63) is 29.7 Å². The Balaban J connectivity index is 2.60. The molecule has 0 amide bonds. The highest BCUT2D eigenvalue weighted by Gasteiger charge is 2.15. The standard InChI is InChI=1S/C12H18N4O/c1-8-12(10(13)7-17)16-5-4-9(15(2)3)6-11(16)14-8/h4-6,10,17H,7,13H2,1-3H3. The smallest absolute Gasteiger partial charge is 0.139 e. The summed E-state index contributed by atoms with van der Waals surface area (Å²) >= 11 is 0. The van der Waals surface area contributed by atoms with Crippen LogP contribution in [0.15, 0.2) is 18.3 Å². The van der Waals surface area contributed by atoms with Gasteiger partial charge in [0.05, 0.1) is 24.0 Å². The van der Waals surface area contributed by atoms with Crippen molar-refractivity contribution >= 4 is 11.3 Å². The Labute approximate surface area is 100 Å². The molecule has 0 aliphatic heterocycles. The minimum absolute atomic E-state index is 0.0793. The first kappa shape index (κ1) is 11.9. The minimum Gasteiger partial charge on any atom is -0.394 e. The van der Waals surface area contributed by atoms with Crippen molar-refractivity contribution in [2.45, 2.75) is 13.0 Å². The van der Waals surface area contributed by atoms with Gasteiger partial charge in [-0.15, -0.1) is 0 Å². The molecule has 2 rings (SSSR count). The molecule has 2 aromatic heterocycles. The first-order valence-corrected chi connectivity index (χ1v) is 5.57. The van der Waals surface area contributed by atoms with Gasteiger partial charge in [-0.25, -0.2) is 4.98 Å². The van der Waals surface area contributed by atoms with Gasteiger partial charge in [-0.2, -0.15) is 0 Å². The van der Waals surface area contributed by atoms with E-state index in [-0.39, 0.29) is 6.61 Å².